The number of carbonyl (C=O) groups excluding carboxylic acids is 1. The zero-order chi connectivity index (χ0) is 9.11. The third kappa shape index (κ3) is 11.6. The first-order chi connectivity index (χ1) is 5.26. The number of primary amides is 1. The molecule has 0 unspecified atom stereocenters. The van der Waals surface area contributed by atoms with Crippen molar-refractivity contribution in [2.45, 2.75) is 0 Å². The molecule has 0 aromatic carbocycles. The molecular weight excluding hydrogens is 146 g/mol. The van der Waals surface area contributed by atoms with Crippen molar-refractivity contribution in [2.24, 2.45) is 5.73 Å². The Bertz CT molecular complexity index is 181. The van der Waals surface area contributed by atoms with Gasteiger partial charge in [-0.25, -0.2) is 0 Å². The second-order valence-corrected chi connectivity index (χ2v) is 1.16. The third-order valence-electron chi connectivity index (χ3n) is 0.585. The zero-order valence-electron chi connectivity index (χ0n) is 6.07. The topological polar surface area (TPSA) is 100.0 Å². The molecule has 11 heavy (non-hydrogen) atoms. The number of nitrogens with zero attached hydrogens (tertiary/aromatic N) is 1. The lowest BCUT2D eigenvalue weighted by molar-refractivity contribution is -0.106. The number of amides is 1. The van der Waals surface area contributed by atoms with Gasteiger partial charge < -0.3 is 15.9 Å². The van der Waals surface area contributed by atoms with Crippen LogP contribution >= 0.6 is 0 Å². The molecule has 0 bridgehead atoms. The van der Waals surface area contributed by atoms with Crippen molar-refractivity contribution in [3.63, 3.8) is 0 Å². The summed E-state index contributed by atoms with van der Waals surface area (Å²) in [6.07, 6.45) is 2.39. The van der Waals surface area contributed by atoms with Gasteiger partial charge in [0.15, 0.2) is 0 Å². The fourth-order valence-electron chi connectivity index (χ4n) is 0.223. The van der Waals surface area contributed by atoms with Crippen LogP contribution in [0.2, 0.25) is 0 Å². The Morgan fingerprint density at radius 3 is 2.36 bits per heavy atom. The Hall–Kier alpha value is -1.83. The van der Waals surface area contributed by atoms with Crippen LogP contribution in [-0.2, 0) is 9.53 Å². The summed E-state index contributed by atoms with van der Waals surface area (Å²) in [5.74, 6) is 0.271. The molecule has 0 aliphatic heterocycles. The molecule has 0 atom stereocenters. The Labute approximate surface area is 64.6 Å². The highest BCUT2D eigenvalue weighted by Gasteiger charge is 1.82. The highest BCUT2D eigenvalue weighted by Crippen LogP contribution is 1.85. The van der Waals surface area contributed by atoms with Crippen molar-refractivity contribution in [2.75, 3.05) is 7.11 Å². The second kappa shape index (κ2) is 11.0. The van der Waals surface area contributed by atoms with E-state index in [1.165, 1.54) is 7.11 Å². The SMILES string of the molecule is CO/C(C=N)=C\C#N.NC=O. The summed E-state index contributed by atoms with van der Waals surface area (Å²) >= 11 is 0. The fourth-order valence-corrected chi connectivity index (χ4v) is 0.223. The Morgan fingerprint density at radius 2 is 2.27 bits per heavy atom. The van der Waals surface area contributed by atoms with Crippen LogP contribution < -0.4 is 5.73 Å². The van der Waals surface area contributed by atoms with Crippen LogP contribution in [0.1, 0.15) is 0 Å². The average Bonchev–Trinajstić information content (AvgIpc) is 2.02. The summed E-state index contributed by atoms with van der Waals surface area (Å²) in [4.78, 5) is 8.58. The minimum absolute atomic E-state index is 0.250. The normalized spacial score (nSPS) is 8.18. The first-order valence-electron chi connectivity index (χ1n) is 2.56. The molecular formula is C6H9N3O2. The molecule has 0 aromatic heterocycles. The molecule has 0 spiro atoms. The van der Waals surface area contributed by atoms with Crippen molar-refractivity contribution < 1.29 is 9.53 Å². The van der Waals surface area contributed by atoms with E-state index in [2.05, 4.69) is 10.5 Å². The number of methoxy groups -OCH3 is 1. The van der Waals surface area contributed by atoms with E-state index in [1.807, 2.05) is 0 Å². The van der Waals surface area contributed by atoms with Crippen LogP contribution in [0.25, 0.3) is 0 Å². The van der Waals surface area contributed by atoms with Gasteiger partial charge in [0.25, 0.3) is 0 Å². The summed E-state index contributed by atoms with van der Waals surface area (Å²) in [5.41, 5.74) is 4.17. The standard InChI is InChI=1S/C5H6N2O.CH3NO/c1-8-5(4-7)2-3-6;2-1-3/h2,4,7H,1H3;1H,(H2,2,3)/b5-2-,7-4?;. The van der Waals surface area contributed by atoms with Gasteiger partial charge in [-0.3, -0.25) is 4.79 Å². The molecule has 1 amide bonds. The van der Waals surface area contributed by atoms with Gasteiger partial charge in [0, 0.05) is 0 Å². The van der Waals surface area contributed by atoms with Gasteiger partial charge in [-0.05, 0) is 0 Å². The van der Waals surface area contributed by atoms with E-state index in [-0.39, 0.29) is 12.2 Å². The molecule has 0 aromatic rings. The van der Waals surface area contributed by atoms with Crippen LogP contribution in [0.5, 0.6) is 0 Å². The van der Waals surface area contributed by atoms with E-state index in [0.29, 0.717) is 0 Å². The number of carbonyl (C=O) groups is 1. The molecule has 0 aliphatic carbocycles. The van der Waals surface area contributed by atoms with Crippen molar-refractivity contribution in [3.05, 3.63) is 11.8 Å². The van der Waals surface area contributed by atoms with Gasteiger partial charge in [0.1, 0.15) is 5.76 Å². The van der Waals surface area contributed by atoms with Crippen molar-refractivity contribution in [1.29, 1.82) is 10.7 Å². The van der Waals surface area contributed by atoms with E-state index < -0.39 is 0 Å². The number of hydrogen-bond donors (Lipinski definition) is 2. The maximum atomic E-state index is 8.58. The maximum absolute atomic E-state index is 8.58. The van der Waals surface area contributed by atoms with Crippen molar-refractivity contribution in [1.82, 2.24) is 0 Å². The summed E-state index contributed by atoms with van der Waals surface area (Å²) in [5, 5.41) is 14.6. The lowest BCUT2D eigenvalue weighted by Crippen LogP contribution is -1.84. The molecule has 5 nitrogen and oxygen atoms in total. The van der Waals surface area contributed by atoms with E-state index in [9.17, 15) is 0 Å². The van der Waals surface area contributed by atoms with Crippen LogP contribution in [-0.4, -0.2) is 19.7 Å². The monoisotopic (exact) mass is 155 g/mol. The predicted octanol–water partition coefficient (Wildman–Crippen LogP) is -0.209. The molecule has 5 heteroatoms. The zero-order valence-corrected chi connectivity index (χ0v) is 6.07. The number of nitrogens with two attached hydrogens (primary N) is 1. The van der Waals surface area contributed by atoms with E-state index in [4.69, 9.17) is 15.5 Å². The van der Waals surface area contributed by atoms with Gasteiger partial charge in [-0.2, -0.15) is 5.26 Å². The molecule has 60 valence electrons. The first kappa shape index (κ1) is 11.9. The highest BCUT2D eigenvalue weighted by molar-refractivity contribution is 5.73. The predicted molar refractivity (Wildman–Crippen MR) is 39.7 cm³/mol. The molecule has 0 fully saturated rings. The Kier molecular flexibility index (Phi) is 11.9. The van der Waals surface area contributed by atoms with E-state index in [0.717, 1.165) is 12.3 Å². The van der Waals surface area contributed by atoms with E-state index >= 15 is 0 Å². The summed E-state index contributed by atoms with van der Waals surface area (Å²) < 4.78 is 4.54. The molecule has 0 saturated heterocycles. The van der Waals surface area contributed by atoms with Gasteiger partial charge in [0.2, 0.25) is 6.41 Å². The smallest absolute Gasteiger partial charge is 0.204 e. The Morgan fingerprint density at radius 1 is 1.82 bits per heavy atom. The number of ether oxygens (including phenoxy) is 1. The quantitative estimate of drug-likeness (QED) is 0.250. The van der Waals surface area contributed by atoms with Crippen molar-refractivity contribution in [3.8, 4) is 6.07 Å². The molecule has 0 saturated carbocycles. The second-order valence-electron chi connectivity index (χ2n) is 1.16. The summed E-state index contributed by atoms with van der Waals surface area (Å²) in [7, 11) is 1.41. The number of allylic oxidation sites excluding steroid dienone is 2. The number of hydrogen-bond acceptors (Lipinski definition) is 4. The molecule has 3 N–H and O–H groups in total. The minimum atomic E-state index is 0.250. The van der Waals surface area contributed by atoms with Crippen molar-refractivity contribution >= 4 is 12.6 Å². The molecule has 0 heterocycles. The minimum Gasteiger partial charge on any atom is -0.494 e. The Balaban J connectivity index is 0. The number of nitrogens with one attached hydrogen (secondary N) is 1. The van der Waals surface area contributed by atoms with Gasteiger partial charge in [-0.15, -0.1) is 0 Å². The van der Waals surface area contributed by atoms with Gasteiger partial charge in [0.05, 0.1) is 25.5 Å². The summed E-state index contributed by atoms with van der Waals surface area (Å²) in [6.45, 7) is 0. The van der Waals surface area contributed by atoms with Crippen LogP contribution in [0, 0.1) is 16.7 Å². The fraction of sp³-hybridized carbons (Fsp3) is 0.167. The largest absolute Gasteiger partial charge is 0.494 e. The lowest BCUT2D eigenvalue weighted by atomic mass is 10.5. The number of nitriles is 1. The first-order valence-corrected chi connectivity index (χ1v) is 2.56. The molecule has 0 aliphatic rings. The van der Waals surface area contributed by atoms with Crippen LogP contribution in [0.4, 0.5) is 0 Å². The maximum Gasteiger partial charge on any atom is 0.204 e. The van der Waals surface area contributed by atoms with Gasteiger partial charge >= 0.3 is 0 Å². The van der Waals surface area contributed by atoms with E-state index in [1.54, 1.807) is 6.07 Å². The lowest BCUT2D eigenvalue weighted by Gasteiger charge is -1.91. The number of rotatable bonds is 2. The summed E-state index contributed by atoms with van der Waals surface area (Å²) in [6, 6.07) is 1.73. The highest BCUT2D eigenvalue weighted by atomic mass is 16.5. The molecule has 0 radical (unpaired) electrons. The average molecular weight is 155 g/mol. The third-order valence-corrected chi connectivity index (χ3v) is 0.585. The molecule has 0 rings (SSSR count). The van der Waals surface area contributed by atoms with Crippen LogP contribution in [0.3, 0.4) is 0 Å². The van der Waals surface area contributed by atoms with Crippen LogP contribution in [0.15, 0.2) is 11.8 Å². The van der Waals surface area contributed by atoms with Gasteiger partial charge in [-0.1, -0.05) is 0 Å².